The lowest BCUT2D eigenvalue weighted by molar-refractivity contribution is 0.305. The number of benzene rings is 2. The highest BCUT2D eigenvalue weighted by Crippen LogP contribution is 2.30. The first-order chi connectivity index (χ1) is 12.6. The topological polar surface area (TPSA) is 79.9 Å². The van der Waals surface area contributed by atoms with Crippen LogP contribution in [0.4, 0.5) is 0 Å². The first-order valence-electron chi connectivity index (χ1n) is 8.37. The van der Waals surface area contributed by atoms with Crippen molar-refractivity contribution in [1.29, 1.82) is 0 Å². The van der Waals surface area contributed by atoms with Gasteiger partial charge in [-0.1, -0.05) is 28.1 Å². The average molecular weight is 419 g/mol. The Bertz CT molecular complexity index is 947. The molecule has 0 radical (unpaired) electrons. The van der Waals surface area contributed by atoms with Crippen LogP contribution in [-0.2, 0) is 0 Å². The summed E-state index contributed by atoms with van der Waals surface area (Å²) in [6, 6.07) is 9.27. The number of hydrogen-bond donors (Lipinski definition) is 2. The fourth-order valence-corrected chi connectivity index (χ4v) is 3.09. The third-order valence-corrected chi connectivity index (χ3v) is 4.62. The van der Waals surface area contributed by atoms with Crippen molar-refractivity contribution in [2.24, 2.45) is 0 Å². The number of fused-ring (bicyclic) bond motifs is 1. The van der Waals surface area contributed by atoms with Gasteiger partial charge in [-0.3, -0.25) is 4.79 Å². The Morgan fingerprint density at radius 3 is 2.54 bits per heavy atom. The molecular formula is C20H19BrO5. The predicted octanol–water partition coefficient (Wildman–Crippen LogP) is 4.82. The SMILES string of the molecule is O=c1c(-c2ccc(O)cc2)coc2cc(OCCCCCBr)cc(O)c12. The monoisotopic (exact) mass is 418 g/mol. The van der Waals surface area contributed by atoms with Crippen molar-refractivity contribution < 1.29 is 19.4 Å². The molecular weight excluding hydrogens is 400 g/mol. The molecule has 0 aliphatic rings. The third-order valence-electron chi connectivity index (χ3n) is 4.06. The molecule has 1 aromatic heterocycles. The third kappa shape index (κ3) is 4.02. The molecule has 0 saturated carbocycles. The molecule has 0 aliphatic heterocycles. The Kier molecular flexibility index (Phi) is 5.83. The highest BCUT2D eigenvalue weighted by atomic mass is 79.9. The maximum atomic E-state index is 12.8. The van der Waals surface area contributed by atoms with E-state index in [1.165, 1.54) is 24.5 Å². The largest absolute Gasteiger partial charge is 0.508 e. The summed E-state index contributed by atoms with van der Waals surface area (Å²) in [4.78, 5) is 12.8. The number of hydrogen-bond acceptors (Lipinski definition) is 5. The van der Waals surface area contributed by atoms with Gasteiger partial charge in [0.15, 0.2) is 0 Å². The summed E-state index contributed by atoms with van der Waals surface area (Å²) in [6.45, 7) is 0.535. The molecule has 2 N–H and O–H groups in total. The van der Waals surface area contributed by atoms with Crippen molar-refractivity contribution in [2.75, 3.05) is 11.9 Å². The van der Waals surface area contributed by atoms with E-state index in [0.717, 1.165) is 24.6 Å². The summed E-state index contributed by atoms with van der Waals surface area (Å²) in [5, 5.41) is 20.8. The van der Waals surface area contributed by atoms with Gasteiger partial charge in [-0.05, 0) is 37.0 Å². The molecule has 6 heteroatoms. The van der Waals surface area contributed by atoms with Crippen molar-refractivity contribution in [3.63, 3.8) is 0 Å². The molecule has 136 valence electrons. The fourth-order valence-electron chi connectivity index (χ4n) is 2.69. The van der Waals surface area contributed by atoms with Gasteiger partial charge >= 0.3 is 0 Å². The van der Waals surface area contributed by atoms with Gasteiger partial charge in [-0.2, -0.15) is 0 Å². The lowest BCUT2D eigenvalue weighted by atomic mass is 10.0. The zero-order valence-corrected chi connectivity index (χ0v) is 15.7. The number of halogens is 1. The summed E-state index contributed by atoms with van der Waals surface area (Å²) < 4.78 is 11.2. The maximum Gasteiger partial charge on any atom is 0.204 e. The lowest BCUT2D eigenvalue weighted by Gasteiger charge is -2.09. The number of unbranched alkanes of at least 4 members (excludes halogenated alkanes) is 2. The van der Waals surface area contributed by atoms with E-state index in [9.17, 15) is 15.0 Å². The highest BCUT2D eigenvalue weighted by Gasteiger charge is 2.14. The lowest BCUT2D eigenvalue weighted by Crippen LogP contribution is -2.05. The number of phenols is 2. The zero-order chi connectivity index (χ0) is 18.5. The second-order valence-corrected chi connectivity index (χ2v) is 6.73. The fraction of sp³-hybridized carbons (Fsp3) is 0.250. The number of rotatable bonds is 7. The van der Waals surface area contributed by atoms with Crippen molar-refractivity contribution in [3.05, 3.63) is 52.9 Å². The molecule has 26 heavy (non-hydrogen) atoms. The van der Waals surface area contributed by atoms with Crippen LogP contribution in [0.2, 0.25) is 0 Å². The minimum absolute atomic E-state index is 0.111. The van der Waals surface area contributed by atoms with Crippen LogP contribution in [0.3, 0.4) is 0 Å². The van der Waals surface area contributed by atoms with Crippen LogP contribution < -0.4 is 10.2 Å². The molecule has 0 atom stereocenters. The van der Waals surface area contributed by atoms with Crippen LogP contribution >= 0.6 is 15.9 Å². The molecule has 0 fully saturated rings. The standard InChI is InChI=1S/C20H19BrO5/c21-8-2-1-3-9-25-15-10-17(23)19-18(11-15)26-12-16(20(19)24)13-4-6-14(22)7-5-13/h4-7,10-12,22-23H,1-3,8-9H2. The Morgan fingerprint density at radius 2 is 1.81 bits per heavy atom. The van der Waals surface area contributed by atoms with Crippen LogP contribution in [0.1, 0.15) is 19.3 Å². The molecule has 0 saturated heterocycles. The average Bonchev–Trinajstić information content (AvgIpc) is 2.62. The van der Waals surface area contributed by atoms with Gasteiger partial charge in [0.2, 0.25) is 5.43 Å². The molecule has 3 aromatic rings. The zero-order valence-electron chi connectivity index (χ0n) is 14.1. The van der Waals surface area contributed by atoms with Gasteiger partial charge in [0.1, 0.15) is 34.5 Å². The summed E-state index contributed by atoms with van der Waals surface area (Å²) in [5.41, 5.74) is 0.854. The van der Waals surface area contributed by atoms with E-state index in [1.54, 1.807) is 18.2 Å². The highest BCUT2D eigenvalue weighted by molar-refractivity contribution is 9.09. The Labute approximate surface area is 159 Å². The predicted molar refractivity (Wildman–Crippen MR) is 104 cm³/mol. The van der Waals surface area contributed by atoms with E-state index in [1.807, 2.05) is 0 Å². The van der Waals surface area contributed by atoms with Crippen molar-refractivity contribution in [3.8, 4) is 28.4 Å². The smallest absolute Gasteiger partial charge is 0.204 e. The minimum Gasteiger partial charge on any atom is -0.508 e. The van der Waals surface area contributed by atoms with E-state index in [2.05, 4.69) is 15.9 Å². The number of aromatic hydroxyl groups is 2. The molecule has 0 unspecified atom stereocenters. The summed E-state index contributed by atoms with van der Waals surface area (Å²) in [6.07, 6.45) is 4.40. The Hall–Kier alpha value is -2.47. The Morgan fingerprint density at radius 1 is 1.04 bits per heavy atom. The van der Waals surface area contributed by atoms with Gasteiger partial charge in [0, 0.05) is 17.5 Å². The molecule has 0 amide bonds. The van der Waals surface area contributed by atoms with Crippen LogP contribution in [0.25, 0.3) is 22.1 Å². The summed E-state index contributed by atoms with van der Waals surface area (Å²) >= 11 is 3.39. The van der Waals surface area contributed by atoms with Gasteiger partial charge in [0.25, 0.3) is 0 Å². The van der Waals surface area contributed by atoms with Gasteiger partial charge in [0.05, 0.1) is 12.2 Å². The van der Waals surface area contributed by atoms with Gasteiger partial charge < -0.3 is 19.4 Å². The molecule has 3 rings (SSSR count). The van der Waals surface area contributed by atoms with Gasteiger partial charge in [-0.25, -0.2) is 0 Å². The van der Waals surface area contributed by atoms with Gasteiger partial charge in [-0.15, -0.1) is 0 Å². The summed E-state index contributed by atoms with van der Waals surface area (Å²) in [7, 11) is 0. The number of alkyl halides is 1. The number of ether oxygens (including phenoxy) is 1. The molecule has 0 aliphatic carbocycles. The second-order valence-electron chi connectivity index (χ2n) is 5.94. The Balaban J connectivity index is 1.89. The molecule has 2 aromatic carbocycles. The van der Waals surface area contributed by atoms with Crippen LogP contribution in [0, 0.1) is 0 Å². The first-order valence-corrected chi connectivity index (χ1v) is 9.49. The van der Waals surface area contributed by atoms with Crippen LogP contribution in [0.15, 0.2) is 51.9 Å². The van der Waals surface area contributed by atoms with Crippen molar-refractivity contribution in [2.45, 2.75) is 19.3 Å². The first kappa shape index (κ1) is 18.3. The van der Waals surface area contributed by atoms with Crippen molar-refractivity contribution >= 4 is 26.9 Å². The van der Waals surface area contributed by atoms with E-state index < -0.39 is 0 Å². The van der Waals surface area contributed by atoms with E-state index in [-0.39, 0.29) is 27.9 Å². The normalized spacial score (nSPS) is 11.0. The van der Waals surface area contributed by atoms with Crippen molar-refractivity contribution in [1.82, 2.24) is 0 Å². The summed E-state index contributed by atoms with van der Waals surface area (Å²) in [5.74, 6) is 0.404. The maximum absolute atomic E-state index is 12.8. The minimum atomic E-state index is -0.335. The quantitative estimate of drug-likeness (QED) is 0.424. The molecule has 0 spiro atoms. The van der Waals surface area contributed by atoms with E-state index >= 15 is 0 Å². The van der Waals surface area contributed by atoms with E-state index in [0.29, 0.717) is 23.5 Å². The van der Waals surface area contributed by atoms with E-state index in [4.69, 9.17) is 9.15 Å². The molecule has 1 heterocycles. The van der Waals surface area contributed by atoms with Crippen LogP contribution in [0.5, 0.6) is 17.2 Å². The molecule has 5 nitrogen and oxygen atoms in total. The van der Waals surface area contributed by atoms with Crippen LogP contribution in [-0.4, -0.2) is 22.2 Å². The molecule has 0 bridgehead atoms. The number of phenolic OH excluding ortho intramolecular Hbond substituents is 2. The second kappa shape index (κ2) is 8.27.